The van der Waals surface area contributed by atoms with Gasteiger partial charge in [-0.15, -0.1) is 0 Å². The van der Waals surface area contributed by atoms with Crippen molar-refractivity contribution in [3.63, 3.8) is 0 Å². The van der Waals surface area contributed by atoms with E-state index in [4.69, 9.17) is 9.84 Å². The zero-order chi connectivity index (χ0) is 39.0. The van der Waals surface area contributed by atoms with E-state index in [1.807, 2.05) is 0 Å². The number of carboxylic acid groups (broad SMARTS) is 1. The average Bonchev–Trinajstić information content (AvgIpc) is 3.07. The summed E-state index contributed by atoms with van der Waals surface area (Å²) in [4.78, 5) is 24.4. The lowest BCUT2D eigenvalue weighted by Crippen LogP contribution is -2.49. The number of hydrogen-bond acceptors (Lipinski definition) is 4. The van der Waals surface area contributed by atoms with Crippen molar-refractivity contribution < 1.29 is 68.1 Å². The number of halogens is 10. The molecule has 53 heavy (non-hydrogen) atoms. The van der Waals surface area contributed by atoms with Crippen molar-refractivity contribution >= 4 is 11.9 Å². The number of carboxylic acids is 1. The lowest BCUT2D eigenvalue weighted by Gasteiger charge is -2.37. The highest BCUT2D eigenvalue weighted by Crippen LogP contribution is 2.39. The van der Waals surface area contributed by atoms with Crippen molar-refractivity contribution in [2.75, 3.05) is 6.61 Å². The Morgan fingerprint density at radius 3 is 2.00 bits per heavy atom. The maximum atomic E-state index is 15.2. The van der Waals surface area contributed by atoms with Gasteiger partial charge in [0.15, 0.2) is 0 Å². The van der Waals surface area contributed by atoms with Crippen molar-refractivity contribution in [2.24, 2.45) is 0 Å². The second-order valence-corrected chi connectivity index (χ2v) is 11.9. The predicted molar refractivity (Wildman–Crippen MR) is 170 cm³/mol. The Morgan fingerprint density at radius 2 is 1.38 bits per heavy atom. The molecule has 0 saturated heterocycles. The van der Waals surface area contributed by atoms with E-state index < -0.39 is 82.4 Å². The number of aliphatic carboxylic acids is 1. The van der Waals surface area contributed by atoms with Gasteiger partial charge in [-0.1, -0.05) is 37.1 Å². The highest BCUT2D eigenvalue weighted by Gasteiger charge is 2.45. The molecule has 2 N–H and O–H groups in total. The highest BCUT2D eigenvalue weighted by atomic mass is 19.4. The Morgan fingerprint density at radius 1 is 0.717 bits per heavy atom. The van der Waals surface area contributed by atoms with E-state index in [0.717, 1.165) is 36.4 Å². The molecule has 0 bridgehead atoms. The third kappa shape index (κ3) is 10.9. The van der Waals surface area contributed by atoms with E-state index in [-0.39, 0.29) is 24.7 Å². The zero-order valence-electron chi connectivity index (χ0n) is 27.5. The van der Waals surface area contributed by atoms with Gasteiger partial charge in [0.25, 0.3) is 5.91 Å². The summed E-state index contributed by atoms with van der Waals surface area (Å²) >= 11 is 0. The molecule has 16 heteroatoms. The number of nitrogens with one attached hydrogen (secondary N) is 1. The summed E-state index contributed by atoms with van der Waals surface area (Å²) in [5.74, 6) is -6.72. The van der Waals surface area contributed by atoms with Crippen molar-refractivity contribution in [3.05, 3.63) is 130 Å². The molecule has 0 heterocycles. The average molecular weight is 760 g/mol. The molecule has 1 amide bonds. The number of ether oxygens (including phenoxy) is 2. The third-order valence-corrected chi connectivity index (χ3v) is 8.02. The molecule has 6 nitrogen and oxygen atoms in total. The molecule has 0 aromatic heterocycles. The molecule has 0 aliphatic heterocycles. The van der Waals surface area contributed by atoms with Crippen LogP contribution in [-0.2, 0) is 22.9 Å². The van der Waals surface area contributed by atoms with Crippen molar-refractivity contribution in [1.29, 1.82) is 0 Å². The lowest BCUT2D eigenvalue weighted by atomic mass is 9.77. The van der Waals surface area contributed by atoms with Gasteiger partial charge in [-0.05, 0) is 84.1 Å². The smallest absolute Gasteiger partial charge is 0.461 e. The molecular weight excluding hydrogens is 728 g/mol. The Bertz CT molecular complexity index is 1870. The largest absolute Gasteiger partial charge is 0.494 e. The molecule has 0 aliphatic rings. The third-order valence-electron chi connectivity index (χ3n) is 8.02. The van der Waals surface area contributed by atoms with Crippen molar-refractivity contribution in [3.8, 4) is 11.5 Å². The van der Waals surface area contributed by atoms with Gasteiger partial charge >= 0.3 is 24.7 Å². The summed E-state index contributed by atoms with van der Waals surface area (Å²) in [6.45, 7) is 0.273. The molecule has 4 aromatic carbocycles. The van der Waals surface area contributed by atoms with E-state index in [1.54, 1.807) is 0 Å². The molecule has 0 aliphatic carbocycles. The van der Waals surface area contributed by atoms with Gasteiger partial charge < -0.3 is 19.9 Å². The van der Waals surface area contributed by atoms with Gasteiger partial charge in [0, 0.05) is 24.5 Å². The lowest BCUT2D eigenvalue weighted by molar-refractivity contribution is -0.253. The number of unbranched alkanes of at least 4 members (excludes halogenated alkanes) is 3. The van der Waals surface area contributed by atoms with Crippen LogP contribution in [0.4, 0.5) is 43.9 Å². The predicted octanol–water partition coefficient (Wildman–Crippen LogP) is 9.69. The maximum Gasteiger partial charge on any atom is 0.461 e. The number of benzene rings is 4. The number of carbonyl (C=O) groups is 2. The second kappa shape index (κ2) is 17.0. The number of amides is 1. The van der Waals surface area contributed by atoms with Gasteiger partial charge in [-0.2, -0.15) is 30.7 Å². The minimum absolute atomic E-state index is 0.0484. The highest BCUT2D eigenvalue weighted by molar-refractivity contribution is 5.95. The normalized spacial score (nSPS) is 13.0. The van der Waals surface area contributed by atoms with E-state index in [0.29, 0.717) is 55.2 Å². The van der Waals surface area contributed by atoms with Crippen LogP contribution in [0.1, 0.15) is 64.7 Å². The summed E-state index contributed by atoms with van der Waals surface area (Å²) in [6, 6.07) is 13.3. The first kappa shape index (κ1) is 40.5. The summed E-state index contributed by atoms with van der Waals surface area (Å²) < 4.78 is 148. The summed E-state index contributed by atoms with van der Waals surface area (Å²) in [5.41, 5.74) is -4.87. The van der Waals surface area contributed by atoms with E-state index in [2.05, 4.69) is 10.1 Å². The van der Waals surface area contributed by atoms with Crippen LogP contribution in [0.15, 0.2) is 84.9 Å². The van der Waals surface area contributed by atoms with Gasteiger partial charge in [-0.25, -0.2) is 13.2 Å². The molecule has 1 unspecified atom stereocenters. The number of rotatable bonds is 17. The SMILES string of the molecule is O=C(O)CCCCCCOc1ccc(CC(NC(=O)c2ccc(F)c(C(F)(F)F)c2)(c2ccc(F)cc2)c2cc(F)cc(OC(F)(F)C(F)F)c2)cc1. The first-order valence-corrected chi connectivity index (χ1v) is 15.9. The molecule has 4 rings (SSSR count). The van der Waals surface area contributed by atoms with Gasteiger partial charge in [0.05, 0.1) is 17.7 Å². The number of hydrogen-bond donors (Lipinski definition) is 2. The van der Waals surface area contributed by atoms with Crippen LogP contribution in [0.5, 0.6) is 11.5 Å². The first-order valence-electron chi connectivity index (χ1n) is 15.9. The zero-order valence-corrected chi connectivity index (χ0v) is 27.5. The van der Waals surface area contributed by atoms with Crippen LogP contribution in [0.3, 0.4) is 0 Å². The van der Waals surface area contributed by atoms with Crippen LogP contribution in [-0.4, -0.2) is 36.1 Å². The molecule has 0 radical (unpaired) electrons. The minimum atomic E-state index is -5.22. The summed E-state index contributed by atoms with van der Waals surface area (Å²) in [5, 5.41) is 11.2. The van der Waals surface area contributed by atoms with Gasteiger partial charge in [0.2, 0.25) is 0 Å². The van der Waals surface area contributed by atoms with Crippen LogP contribution in [0.2, 0.25) is 0 Å². The Labute approximate surface area is 296 Å². The van der Waals surface area contributed by atoms with Crippen LogP contribution in [0, 0.1) is 17.5 Å². The van der Waals surface area contributed by atoms with Crippen LogP contribution in [0.25, 0.3) is 0 Å². The minimum Gasteiger partial charge on any atom is -0.494 e. The molecule has 4 aromatic rings. The maximum absolute atomic E-state index is 15.2. The van der Waals surface area contributed by atoms with Crippen molar-refractivity contribution in [2.45, 2.75) is 62.8 Å². The molecule has 1 atom stereocenters. The Hall–Kier alpha value is -5.28. The fraction of sp³-hybridized carbons (Fsp3) is 0.297. The van der Waals surface area contributed by atoms with Crippen LogP contribution < -0.4 is 14.8 Å². The monoisotopic (exact) mass is 759 g/mol. The van der Waals surface area contributed by atoms with Gasteiger partial charge in [-0.3, -0.25) is 9.59 Å². The Kier molecular flexibility index (Phi) is 13.0. The van der Waals surface area contributed by atoms with E-state index in [1.165, 1.54) is 24.3 Å². The summed E-state index contributed by atoms with van der Waals surface area (Å²) in [7, 11) is 0. The molecule has 0 spiro atoms. The van der Waals surface area contributed by atoms with Crippen LogP contribution >= 0.6 is 0 Å². The number of carbonyl (C=O) groups excluding carboxylic acids is 1. The number of alkyl halides is 7. The fourth-order valence-corrected chi connectivity index (χ4v) is 5.44. The van der Waals surface area contributed by atoms with Gasteiger partial charge in [0.1, 0.15) is 29.0 Å². The van der Waals surface area contributed by atoms with Crippen molar-refractivity contribution in [1.82, 2.24) is 5.32 Å². The fourth-order valence-electron chi connectivity index (χ4n) is 5.44. The molecule has 0 saturated carbocycles. The molecule has 284 valence electrons. The first-order chi connectivity index (χ1) is 24.9. The van der Waals surface area contributed by atoms with E-state index >= 15 is 4.39 Å². The molecular formula is C37H31F10NO5. The second-order valence-electron chi connectivity index (χ2n) is 11.9. The Balaban J connectivity index is 1.78. The summed E-state index contributed by atoms with van der Waals surface area (Å²) in [6.07, 6.45) is -12.5. The quantitative estimate of drug-likeness (QED) is 0.0828. The van der Waals surface area contributed by atoms with E-state index in [9.17, 15) is 49.1 Å². The standard InChI is InChI=1S/C37H31F10NO5/c38-26-11-9-24(10-12-26)35(25-18-27(39)20-29(19-25)53-37(46,47)34(41)42,48-33(51)23-8-15-31(40)30(17-23)36(43,44)45)21-22-6-13-28(14-7-22)52-16-4-2-1-3-5-32(49)50/h6-15,17-20,34H,1-5,16,21H2,(H,48,51)(H,49,50). The topological polar surface area (TPSA) is 84.9 Å². The molecule has 0 fully saturated rings.